The zero-order valence-electron chi connectivity index (χ0n) is 9.54. The first-order chi connectivity index (χ1) is 8.16. The van der Waals surface area contributed by atoms with Gasteiger partial charge < -0.3 is 4.57 Å². The molecule has 0 radical (unpaired) electrons. The van der Waals surface area contributed by atoms with E-state index in [0.29, 0.717) is 6.54 Å². The number of unbranched alkanes of at least 4 members (excludes halogenated alkanes) is 3. The summed E-state index contributed by atoms with van der Waals surface area (Å²) in [6, 6.07) is 2.77. The average Bonchev–Trinajstić information content (AvgIpc) is 2.30. The van der Waals surface area contributed by atoms with Crippen molar-refractivity contribution < 1.29 is 4.92 Å². The first-order valence-corrected chi connectivity index (χ1v) is 6.24. The van der Waals surface area contributed by atoms with Gasteiger partial charge in [-0.2, -0.15) is 12.6 Å². The van der Waals surface area contributed by atoms with Gasteiger partial charge in [-0.15, -0.1) is 0 Å². The molecule has 1 rings (SSSR count). The van der Waals surface area contributed by atoms with Gasteiger partial charge in [-0.25, -0.2) is 0 Å². The third-order valence-electron chi connectivity index (χ3n) is 2.50. The van der Waals surface area contributed by atoms with Gasteiger partial charge in [-0.1, -0.05) is 12.8 Å². The Morgan fingerprint density at radius 1 is 1.29 bits per heavy atom. The largest absolute Gasteiger partial charge is 0.334 e. The number of aromatic nitrogens is 1. The lowest BCUT2D eigenvalue weighted by Gasteiger charge is -2.04. The van der Waals surface area contributed by atoms with Crippen LogP contribution in [0.3, 0.4) is 0 Å². The van der Waals surface area contributed by atoms with Crippen LogP contribution in [0.25, 0.3) is 0 Å². The standard InChI is InChI=1S/C11H16N2O3S/c14-11-10(13(15)16)6-5-8-12(11)7-3-1-2-4-9-17/h5-6,8,17H,1-4,7,9H2. The van der Waals surface area contributed by atoms with Crippen LogP contribution < -0.4 is 5.56 Å². The molecule has 0 aliphatic carbocycles. The number of nitrogens with zero attached hydrogens (tertiary/aromatic N) is 2. The summed E-state index contributed by atoms with van der Waals surface area (Å²) in [5, 5.41) is 10.6. The summed E-state index contributed by atoms with van der Waals surface area (Å²) in [5.41, 5.74) is -0.880. The number of nitro groups is 1. The van der Waals surface area contributed by atoms with Crippen LogP contribution in [0.5, 0.6) is 0 Å². The number of hydrogen-bond acceptors (Lipinski definition) is 4. The Labute approximate surface area is 105 Å². The van der Waals surface area contributed by atoms with Gasteiger partial charge in [0.2, 0.25) is 0 Å². The molecule has 0 saturated carbocycles. The molecule has 0 spiro atoms. The molecule has 17 heavy (non-hydrogen) atoms. The van der Waals surface area contributed by atoms with Crippen molar-refractivity contribution in [3.05, 3.63) is 38.8 Å². The van der Waals surface area contributed by atoms with Crippen molar-refractivity contribution in [2.75, 3.05) is 5.75 Å². The molecule has 0 aromatic carbocycles. The van der Waals surface area contributed by atoms with Crippen molar-refractivity contribution in [1.29, 1.82) is 0 Å². The van der Waals surface area contributed by atoms with Crippen LogP contribution in [-0.2, 0) is 6.54 Å². The highest BCUT2D eigenvalue weighted by Crippen LogP contribution is 2.05. The molecular formula is C11H16N2O3S. The molecule has 0 amide bonds. The van der Waals surface area contributed by atoms with E-state index in [1.54, 1.807) is 6.20 Å². The van der Waals surface area contributed by atoms with Crippen molar-refractivity contribution in [3.63, 3.8) is 0 Å². The molecule has 5 nitrogen and oxygen atoms in total. The minimum Gasteiger partial charge on any atom is -0.310 e. The van der Waals surface area contributed by atoms with Crippen LogP contribution >= 0.6 is 12.6 Å². The van der Waals surface area contributed by atoms with Gasteiger partial charge in [-0.3, -0.25) is 14.9 Å². The van der Waals surface area contributed by atoms with Crippen LogP contribution in [0.2, 0.25) is 0 Å². The Hall–Kier alpha value is -1.30. The third-order valence-corrected chi connectivity index (χ3v) is 2.82. The van der Waals surface area contributed by atoms with E-state index < -0.39 is 10.5 Å². The molecule has 0 N–H and O–H groups in total. The fourth-order valence-electron chi connectivity index (χ4n) is 1.59. The quantitative estimate of drug-likeness (QED) is 0.352. The lowest BCUT2D eigenvalue weighted by Crippen LogP contribution is -2.21. The molecule has 0 fully saturated rings. The number of hydrogen-bond donors (Lipinski definition) is 1. The lowest BCUT2D eigenvalue weighted by molar-refractivity contribution is -0.386. The van der Waals surface area contributed by atoms with E-state index >= 15 is 0 Å². The van der Waals surface area contributed by atoms with Crippen LogP contribution in [-0.4, -0.2) is 15.2 Å². The number of thiol groups is 1. The van der Waals surface area contributed by atoms with E-state index in [1.807, 2.05) is 0 Å². The second-order valence-corrected chi connectivity index (χ2v) is 4.23. The van der Waals surface area contributed by atoms with E-state index in [4.69, 9.17) is 0 Å². The Bertz CT molecular complexity index is 431. The third kappa shape index (κ3) is 4.22. The van der Waals surface area contributed by atoms with Crippen LogP contribution in [0.4, 0.5) is 5.69 Å². The van der Waals surface area contributed by atoms with Crippen LogP contribution in [0, 0.1) is 10.1 Å². The molecule has 0 bridgehead atoms. The summed E-state index contributed by atoms with van der Waals surface area (Å²) in [4.78, 5) is 21.6. The average molecular weight is 256 g/mol. The number of aryl methyl sites for hydroxylation is 1. The van der Waals surface area contributed by atoms with E-state index in [0.717, 1.165) is 31.4 Å². The van der Waals surface area contributed by atoms with Crippen LogP contribution in [0.1, 0.15) is 25.7 Å². The second kappa shape index (κ2) is 7.11. The predicted octanol–water partition coefficient (Wildman–Crippen LogP) is 2.25. The lowest BCUT2D eigenvalue weighted by atomic mass is 10.2. The summed E-state index contributed by atoms with van der Waals surface area (Å²) in [6.07, 6.45) is 5.60. The predicted molar refractivity (Wildman–Crippen MR) is 69.7 cm³/mol. The molecule has 1 heterocycles. The molecule has 0 atom stereocenters. The highest BCUT2D eigenvalue weighted by atomic mass is 32.1. The highest BCUT2D eigenvalue weighted by molar-refractivity contribution is 7.80. The Balaban J connectivity index is 2.57. The maximum absolute atomic E-state index is 11.6. The molecule has 0 unspecified atom stereocenters. The normalized spacial score (nSPS) is 10.4. The van der Waals surface area contributed by atoms with Gasteiger partial charge >= 0.3 is 11.2 Å². The second-order valence-electron chi connectivity index (χ2n) is 3.79. The van der Waals surface area contributed by atoms with Crippen LogP contribution in [0.15, 0.2) is 23.1 Å². The topological polar surface area (TPSA) is 65.1 Å². The maximum atomic E-state index is 11.6. The minimum atomic E-state index is -0.639. The SMILES string of the molecule is O=c1c([N+](=O)[O-])cccn1CCCCCCS. The summed E-state index contributed by atoms with van der Waals surface area (Å²) in [7, 11) is 0. The van der Waals surface area contributed by atoms with E-state index in [9.17, 15) is 14.9 Å². The zero-order valence-corrected chi connectivity index (χ0v) is 10.4. The Morgan fingerprint density at radius 3 is 2.65 bits per heavy atom. The first kappa shape index (κ1) is 13.8. The molecule has 1 aromatic rings. The van der Waals surface area contributed by atoms with Crippen molar-refractivity contribution in [3.8, 4) is 0 Å². The van der Waals surface area contributed by atoms with Gasteiger partial charge in [0.1, 0.15) is 0 Å². The van der Waals surface area contributed by atoms with Gasteiger partial charge in [-0.05, 0) is 24.7 Å². The fraction of sp³-hybridized carbons (Fsp3) is 0.545. The summed E-state index contributed by atoms with van der Waals surface area (Å²) in [5.74, 6) is 0.872. The fourth-order valence-corrected chi connectivity index (χ4v) is 1.81. The van der Waals surface area contributed by atoms with E-state index in [1.165, 1.54) is 16.7 Å². The Morgan fingerprint density at radius 2 is 2.00 bits per heavy atom. The summed E-state index contributed by atoms with van der Waals surface area (Å²) >= 11 is 4.11. The number of pyridine rings is 1. The molecule has 0 saturated heterocycles. The molecule has 1 aromatic heterocycles. The van der Waals surface area contributed by atoms with Gasteiger partial charge in [0.15, 0.2) is 0 Å². The van der Waals surface area contributed by atoms with Gasteiger partial charge in [0, 0.05) is 18.8 Å². The molecule has 94 valence electrons. The number of rotatable bonds is 7. The van der Waals surface area contributed by atoms with Gasteiger partial charge in [0.05, 0.1) is 4.92 Å². The molecular weight excluding hydrogens is 240 g/mol. The summed E-state index contributed by atoms with van der Waals surface area (Å²) in [6.45, 7) is 0.535. The van der Waals surface area contributed by atoms with E-state index in [2.05, 4.69) is 12.6 Å². The van der Waals surface area contributed by atoms with Crippen molar-refractivity contribution in [2.24, 2.45) is 0 Å². The molecule has 0 aliphatic heterocycles. The molecule has 6 heteroatoms. The van der Waals surface area contributed by atoms with Crippen molar-refractivity contribution in [2.45, 2.75) is 32.2 Å². The Kier molecular flexibility index (Phi) is 5.76. The van der Waals surface area contributed by atoms with E-state index in [-0.39, 0.29) is 5.69 Å². The summed E-state index contributed by atoms with van der Waals surface area (Å²) < 4.78 is 1.40. The minimum absolute atomic E-state index is 0.358. The van der Waals surface area contributed by atoms with Gasteiger partial charge in [0.25, 0.3) is 0 Å². The van der Waals surface area contributed by atoms with Crippen molar-refractivity contribution >= 4 is 18.3 Å². The monoisotopic (exact) mass is 256 g/mol. The first-order valence-electron chi connectivity index (χ1n) is 5.61. The zero-order chi connectivity index (χ0) is 12.7. The molecule has 0 aliphatic rings. The smallest absolute Gasteiger partial charge is 0.310 e. The highest BCUT2D eigenvalue weighted by Gasteiger charge is 2.12. The maximum Gasteiger partial charge on any atom is 0.334 e. The van der Waals surface area contributed by atoms with Crippen molar-refractivity contribution in [1.82, 2.24) is 4.57 Å².